The second-order valence-electron chi connectivity index (χ2n) is 4.20. The third-order valence-corrected chi connectivity index (χ3v) is 3.21. The first kappa shape index (κ1) is 13.7. The topological polar surface area (TPSA) is 82.1 Å². The minimum Gasteiger partial charge on any atom is -0.398 e. The zero-order valence-corrected chi connectivity index (χ0v) is 10.8. The monoisotopic (exact) mass is 251 g/mol. The van der Waals surface area contributed by atoms with Crippen molar-refractivity contribution in [2.75, 3.05) is 29.6 Å². The molecule has 1 rings (SSSR count). The summed E-state index contributed by atoms with van der Waals surface area (Å²) in [7, 11) is 0. The zero-order valence-electron chi connectivity index (χ0n) is 10.0. The molecule has 1 aromatic carbocycles. The van der Waals surface area contributed by atoms with Crippen LogP contribution in [-0.4, -0.2) is 29.3 Å². The van der Waals surface area contributed by atoms with E-state index >= 15 is 0 Å². The highest BCUT2D eigenvalue weighted by atomic mass is 32.2. The fourth-order valence-electron chi connectivity index (χ4n) is 1.42. The number of nitrogens with two attached hydrogens (primary N) is 1. The Bertz CT molecular complexity index is 426. The summed E-state index contributed by atoms with van der Waals surface area (Å²) in [5.41, 5.74) is 6.56. The van der Waals surface area contributed by atoms with Gasteiger partial charge in [-0.05, 0) is 31.4 Å². The first-order valence-corrected chi connectivity index (χ1v) is 6.63. The van der Waals surface area contributed by atoms with Crippen molar-refractivity contribution in [2.45, 2.75) is 12.5 Å². The van der Waals surface area contributed by atoms with Crippen molar-refractivity contribution in [1.29, 1.82) is 5.26 Å². The highest BCUT2D eigenvalue weighted by Crippen LogP contribution is 2.18. The van der Waals surface area contributed by atoms with Crippen molar-refractivity contribution in [3.8, 4) is 6.07 Å². The standard InChI is InChI=1S/C12H17N3OS/c1-12(16,8-17-2)7-15-10-3-4-11(14)9(5-10)6-13/h3-5,15-16H,7-8,14H2,1-2H3. The molecule has 1 aromatic rings. The summed E-state index contributed by atoms with van der Waals surface area (Å²) < 4.78 is 0. The lowest BCUT2D eigenvalue weighted by atomic mass is 10.1. The van der Waals surface area contributed by atoms with Crippen molar-refractivity contribution in [1.82, 2.24) is 0 Å². The number of rotatable bonds is 5. The highest BCUT2D eigenvalue weighted by molar-refractivity contribution is 7.98. The van der Waals surface area contributed by atoms with Crippen molar-refractivity contribution in [3.63, 3.8) is 0 Å². The molecule has 0 radical (unpaired) electrons. The van der Waals surface area contributed by atoms with Gasteiger partial charge in [0.2, 0.25) is 0 Å². The lowest BCUT2D eigenvalue weighted by Gasteiger charge is -2.23. The fourth-order valence-corrected chi connectivity index (χ4v) is 2.14. The molecule has 4 nitrogen and oxygen atoms in total. The molecule has 92 valence electrons. The highest BCUT2D eigenvalue weighted by Gasteiger charge is 2.19. The Kier molecular flexibility index (Phi) is 4.67. The number of nitriles is 1. The molecule has 0 aliphatic carbocycles. The van der Waals surface area contributed by atoms with E-state index in [4.69, 9.17) is 11.0 Å². The van der Waals surface area contributed by atoms with Crippen LogP contribution in [0, 0.1) is 11.3 Å². The van der Waals surface area contributed by atoms with Gasteiger partial charge >= 0.3 is 0 Å². The Morgan fingerprint density at radius 3 is 2.88 bits per heavy atom. The van der Waals surface area contributed by atoms with Gasteiger partial charge in [-0.3, -0.25) is 0 Å². The molecule has 5 heteroatoms. The minimum absolute atomic E-state index is 0.433. The van der Waals surface area contributed by atoms with Crippen LogP contribution in [-0.2, 0) is 0 Å². The number of nitrogens with zero attached hydrogens (tertiary/aromatic N) is 1. The van der Waals surface area contributed by atoms with Gasteiger partial charge in [-0.1, -0.05) is 0 Å². The summed E-state index contributed by atoms with van der Waals surface area (Å²) >= 11 is 1.59. The third kappa shape index (κ3) is 4.17. The Hall–Kier alpha value is -1.38. The maximum atomic E-state index is 9.98. The molecule has 17 heavy (non-hydrogen) atoms. The van der Waals surface area contributed by atoms with Gasteiger partial charge in [0.25, 0.3) is 0 Å². The zero-order chi connectivity index (χ0) is 12.9. The van der Waals surface area contributed by atoms with Crippen LogP contribution in [0.4, 0.5) is 11.4 Å². The second-order valence-corrected chi connectivity index (χ2v) is 5.06. The van der Waals surface area contributed by atoms with Crippen molar-refractivity contribution in [3.05, 3.63) is 23.8 Å². The summed E-state index contributed by atoms with van der Waals surface area (Å²) in [5, 5.41) is 21.9. The molecule has 1 unspecified atom stereocenters. The number of thioether (sulfide) groups is 1. The van der Waals surface area contributed by atoms with E-state index in [1.807, 2.05) is 12.3 Å². The van der Waals surface area contributed by atoms with Crippen LogP contribution in [0.2, 0.25) is 0 Å². The van der Waals surface area contributed by atoms with Crippen LogP contribution in [0.1, 0.15) is 12.5 Å². The minimum atomic E-state index is -0.770. The Balaban J connectivity index is 2.67. The molecule has 1 atom stereocenters. The third-order valence-electron chi connectivity index (χ3n) is 2.30. The normalized spacial score (nSPS) is 13.8. The van der Waals surface area contributed by atoms with Gasteiger partial charge in [-0.25, -0.2) is 0 Å². The number of aliphatic hydroxyl groups is 1. The molecule has 0 fully saturated rings. The molecule has 0 amide bonds. The van der Waals surface area contributed by atoms with Gasteiger partial charge in [0.05, 0.1) is 11.2 Å². The van der Waals surface area contributed by atoms with Crippen LogP contribution in [0.15, 0.2) is 18.2 Å². The van der Waals surface area contributed by atoms with Gasteiger partial charge < -0.3 is 16.2 Å². The van der Waals surface area contributed by atoms with Crippen molar-refractivity contribution in [2.24, 2.45) is 0 Å². The lowest BCUT2D eigenvalue weighted by molar-refractivity contribution is 0.0997. The molecule has 0 aliphatic heterocycles. The Morgan fingerprint density at radius 2 is 2.29 bits per heavy atom. The van der Waals surface area contributed by atoms with E-state index in [1.165, 1.54) is 0 Å². The largest absolute Gasteiger partial charge is 0.398 e. The average molecular weight is 251 g/mol. The smallest absolute Gasteiger partial charge is 0.101 e. The first-order valence-electron chi connectivity index (χ1n) is 5.23. The van der Waals surface area contributed by atoms with Gasteiger partial charge in [0, 0.05) is 23.7 Å². The lowest BCUT2D eigenvalue weighted by Crippen LogP contribution is -2.36. The molecule has 0 aromatic heterocycles. The van der Waals surface area contributed by atoms with Gasteiger partial charge in [-0.15, -0.1) is 0 Å². The molecule has 0 heterocycles. The Morgan fingerprint density at radius 1 is 1.59 bits per heavy atom. The van der Waals surface area contributed by atoms with Gasteiger partial charge in [0.15, 0.2) is 0 Å². The Labute approximate surface area is 106 Å². The number of hydrogen-bond acceptors (Lipinski definition) is 5. The van der Waals surface area contributed by atoms with E-state index in [-0.39, 0.29) is 0 Å². The molecular formula is C12H17N3OS. The van der Waals surface area contributed by atoms with E-state index in [1.54, 1.807) is 36.9 Å². The van der Waals surface area contributed by atoms with Crippen LogP contribution in [0.5, 0.6) is 0 Å². The predicted molar refractivity (Wildman–Crippen MR) is 73.1 cm³/mol. The van der Waals surface area contributed by atoms with E-state index < -0.39 is 5.60 Å². The van der Waals surface area contributed by atoms with Gasteiger partial charge in [0.1, 0.15) is 6.07 Å². The van der Waals surface area contributed by atoms with Gasteiger partial charge in [-0.2, -0.15) is 17.0 Å². The molecule has 0 bridgehead atoms. The van der Waals surface area contributed by atoms with Crippen molar-refractivity contribution < 1.29 is 5.11 Å². The number of benzene rings is 1. The molecular weight excluding hydrogens is 234 g/mol. The molecule has 0 spiro atoms. The van der Waals surface area contributed by atoms with Crippen LogP contribution >= 0.6 is 11.8 Å². The summed E-state index contributed by atoms with van der Waals surface area (Å²) in [4.78, 5) is 0. The number of nitrogens with one attached hydrogen (secondary N) is 1. The molecule has 0 saturated heterocycles. The van der Waals surface area contributed by atoms with Crippen LogP contribution in [0.25, 0.3) is 0 Å². The molecule has 0 saturated carbocycles. The summed E-state index contributed by atoms with van der Waals surface area (Å²) in [5.74, 6) is 0.653. The van der Waals surface area contributed by atoms with Crippen LogP contribution < -0.4 is 11.1 Å². The predicted octanol–water partition coefficient (Wildman–Crippen LogP) is 1.67. The fraction of sp³-hybridized carbons (Fsp3) is 0.417. The maximum Gasteiger partial charge on any atom is 0.101 e. The number of nitrogen functional groups attached to an aromatic ring is 1. The van der Waals surface area contributed by atoms with Crippen LogP contribution in [0.3, 0.4) is 0 Å². The van der Waals surface area contributed by atoms with Crippen molar-refractivity contribution >= 4 is 23.1 Å². The quantitative estimate of drug-likeness (QED) is 0.693. The number of hydrogen-bond donors (Lipinski definition) is 3. The van der Waals surface area contributed by atoms with E-state index in [0.29, 0.717) is 23.5 Å². The summed E-state index contributed by atoms with van der Waals surface area (Å²) in [6, 6.07) is 7.19. The molecule has 4 N–H and O–H groups in total. The molecule has 0 aliphatic rings. The average Bonchev–Trinajstić information content (AvgIpc) is 2.28. The SMILES string of the molecule is CSCC(C)(O)CNc1ccc(N)c(C#N)c1. The maximum absolute atomic E-state index is 9.98. The van der Waals surface area contributed by atoms with E-state index in [0.717, 1.165) is 5.69 Å². The summed E-state index contributed by atoms with van der Waals surface area (Å²) in [6.07, 6.45) is 1.95. The van der Waals surface area contributed by atoms with E-state index in [2.05, 4.69) is 5.32 Å². The summed E-state index contributed by atoms with van der Waals surface area (Å²) in [6.45, 7) is 2.21. The number of anilines is 2. The first-order chi connectivity index (χ1) is 7.98. The van der Waals surface area contributed by atoms with E-state index in [9.17, 15) is 5.11 Å². The second kappa shape index (κ2) is 5.80.